The maximum absolute atomic E-state index is 12.8. The van der Waals surface area contributed by atoms with E-state index in [2.05, 4.69) is 0 Å². The number of hydrogen-bond acceptors (Lipinski definition) is 8. The van der Waals surface area contributed by atoms with Crippen LogP contribution >= 0.6 is 0 Å². The quantitative estimate of drug-likeness (QED) is 0.380. The molecule has 1 heterocycles. The first-order valence-corrected chi connectivity index (χ1v) is 8.97. The Morgan fingerprint density at radius 2 is 1.92 bits per heavy atom. The number of carbonyl (C=O) groups is 3. The van der Waals surface area contributed by atoms with E-state index in [4.69, 9.17) is 23.7 Å². The van der Waals surface area contributed by atoms with Crippen LogP contribution in [0.25, 0.3) is 0 Å². The molecule has 1 saturated carbocycles. The monoisotopic (exact) mass is 372 g/mol. The molecule has 0 aromatic heterocycles. The van der Waals surface area contributed by atoms with Crippen molar-refractivity contribution in [1.82, 2.24) is 0 Å². The van der Waals surface area contributed by atoms with E-state index in [-0.39, 0.29) is 12.6 Å². The van der Waals surface area contributed by atoms with Crippen molar-refractivity contribution in [2.24, 2.45) is 11.3 Å². The van der Waals surface area contributed by atoms with Gasteiger partial charge in [-0.05, 0) is 24.7 Å². The number of Topliss-reactive ketones (excluding diaryl/α,β-unsaturated/α-hetero) is 1. The lowest BCUT2D eigenvalue weighted by Crippen LogP contribution is -2.54. The highest BCUT2D eigenvalue weighted by Crippen LogP contribution is 2.51. The molecule has 8 heteroatoms. The van der Waals surface area contributed by atoms with Gasteiger partial charge in [0.1, 0.15) is 12.6 Å². The highest BCUT2D eigenvalue weighted by molar-refractivity contribution is 5.83. The van der Waals surface area contributed by atoms with Crippen LogP contribution in [0.15, 0.2) is 0 Å². The van der Waals surface area contributed by atoms with Gasteiger partial charge in [-0.2, -0.15) is 0 Å². The van der Waals surface area contributed by atoms with Gasteiger partial charge in [-0.1, -0.05) is 6.42 Å². The minimum atomic E-state index is -1.06. The van der Waals surface area contributed by atoms with Crippen molar-refractivity contribution in [1.29, 1.82) is 0 Å². The molecule has 148 valence electrons. The fourth-order valence-electron chi connectivity index (χ4n) is 4.02. The second-order valence-electron chi connectivity index (χ2n) is 6.94. The number of esters is 2. The Labute approximate surface area is 153 Å². The molecule has 26 heavy (non-hydrogen) atoms. The lowest BCUT2D eigenvalue weighted by molar-refractivity contribution is -0.295. The Morgan fingerprint density at radius 3 is 2.58 bits per heavy atom. The third-order valence-electron chi connectivity index (χ3n) is 5.01. The lowest BCUT2D eigenvalue weighted by atomic mass is 9.65. The van der Waals surface area contributed by atoms with E-state index in [1.807, 2.05) is 0 Å². The molecule has 0 N–H and O–H groups in total. The summed E-state index contributed by atoms with van der Waals surface area (Å²) in [5.41, 5.74) is -0.514. The average Bonchev–Trinajstić information content (AvgIpc) is 2.70. The molecular weight excluding hydrogens is 344 g/mol. The van der Waals surface area contributed by atoms with Crippen LogP contribution in [-0.2, 0) is 38.1 Å². The largest absolute Gasteiger partial charge is 0.436 e. The molecule has 1 aliphatic carbocycles. The molecular formula is C18H28O8. The predicted octanol–water partition coefficient (Wildman–Crippen LogP) is 1.94. The van der Waals surface area contributed by atoms with Gasteiger partial charge in [0, 0.05) is 40.4 Å². The zero-order valence-corrected chi connectivity index (χ0v) is 15.7. The molecule has 0 amide bonds. The average molecular weight is 372 g/mol. The normalized spacial score (nSPS) is 31.7. The summed E-state index contributed by atoms with van der Waals surface area (Å²) in [5.74, 6) is -1.60. The number of carbonyl (C=O) groups excluding carboxylic acids is 3. The van der Waals surface area contributed by atoms with Crippen molar-refractivity contribution in [2.75, 3.05) is 20.5 Å². The predicted molar refractivity (Wildman–Crippen MR) is 88.7 cm³/mol. The molecule has 2 rings (SSSR count). The van der Waals surface area contributed by atoms with Gasteiger partial charge in [-0.25, -0.2) is 0 Å². The number of ether oxygens (including phenoxy) is 5. The molecule has 1 aliphatic heterocycles. The molecule has 2 aliphatic rings. The minimum absolute atomic E-state index is 0.0155. The zero-order chi connectivity index (χ0) is 19.2. The van der Waals surface area contributed by atoms with Gasteiger partial charge in [0.05, 0.1) is 5.92 Å². The van der Waals surface area contributed by atoms with Gasteiger partial charge in [0.25, 0.3) is 0 Å². The molecule has 0 spiro atoms. The smallest absolute Gasteiger partial charge is 0.304 e. The molecule has 0 aromatic rings. The van der Waals surface area contributed by atoms with Crippen molar-refractivity contribution < 1.29 is 38.1 Å². The fraction of sp³-hybridized carbons (Fsp3) is 0.833. The summed E-state index contributed by atoms with van der Waals surface area (Å²) in [7, 11) is 1.54. The molecule has 4 atom stereocenters. The van der Waals surface area contributed by atoms with E-state index in [1.165, 1.54) is 21.0 Å². The molecule has 2 fully saturated rings. The first-order valence-electron chi connectivity index (χ1n) is 8.97. The Balaban J connectivity index is 2.29. The second-order valence-corrected chi connectivity index (χ2v) is 6.94. The molecule has 8 nitrogen and oxygen atoms in total. The minimum Gasteiger partial charge on any atom is -0.436 e. The summed E-state index contributed by atoms with van der Waals surface area (Å²) >= 11 is 0. The molecule has 0 bridgehead atoms. The van der Waals surface area contributed by atoms with Crippen LogP contribution in [0.4, 0.5) is 0 Å². The highest BCUT2D eigenvalue weighted by Gasteiger charge is 2.55. The van der Waals surface area contributed by atoms with Gasteiger partial charge < -0.3 is 23.7 Å². The third kappa shape index (κ3) is 5.25. The van der Waals surface area contributed by atoms with Crippen molar-refractivity contribution in [3.05, 3.63) is 0 Å². The molecule has 0 aromatic carbocycles. The van der Waals surface area contributed by atoms with Crippen LogP contribution < -0.4 is 0 Å². The zero-order valence-electron chi connectivity index (χ0n) is 15.7. The summed E-state index contributed by atoms with van der Waals surface area (Å²) in [5, 5.41) is 0. The van der Waals surface area contributed by atoms with E-state index >= 15 is 0 Å². The van der Waals surface area contributed by atoms with Crippen LogP contribution in [-0.4, -0.2) is 50.8 Å². The van der Waals surface area contributed by atoms with Gasteiger partial charge in [-0.15, -0.1) is 0 Å². The van der Waals surface area contributed by atoms with Crippen LogP contribution in [0.5, 0.6) is 0 Å². The van der Waals surface area contributed by atoms with E-state index in [0.717, 1.165) is 19.3 Å². The number of fused-ring (bicyclic) bond motifs is 1. The number of ketones is 1. The Bertz CT molecular complexity index is 519. The number of hydrogen-bond donors (Lipinski definition) is 0. The maximum atomic E-state index is 12.8. The maximum Gasteiger partial charge on any atom is 0.304 e. The van der Waals surface area contributed by atoms with Crippen LogP contribution in [0.1, 0.15) is 52.4 Å². The van der Waals surface area contributed by atoms with Crippen molar-refractivity contribution >= 4 is 17.7 Å². The molecule has 1 saturated heterocycles. The Morgan fingerprint density at radius 1 is 1.19 bits per heavy atom. The van der Waals surface area contributed by atoms with Gasteiger partial charge in [0.2, 0.25) is 12.6 Å². The SMILES string of the molecule is COCOCC[C@@]12CCCCC(=O)[C@@H]1[C@H](OC(C)=O)O[C@@H](OC(C)=O)C2. The number of methoxy groups -OCH3 is 1. The van der Waals surface area contributed by atoms with E-state index in [1.54, 1.807) is 0 Å². The Kier molecular flexibility index (Phi) is 7.55. The second kappa shape index (κ2) is 9.43. The summed E-state index contributed by atoms with van der Waals surface area (Å²) in [4.78, 5) is 35.8. The summed E-state index contributed by atoms with van der Waals surface area (Å²) in [6, 6.07) is 0. The van der Waals surface area contributed by atoms with Crippen LogP contribution in [0.2, 0.25) is 0 Å². The first kappa shape index (κ1) is 20.8. The number of rotatable bonds is 7. The van der Waals surface area contributed by atoms with Crippen LogP contribution in [0, 0.1) is 11.3 Å². The third-order valence-corrected chi connectivity index (χ3v) is 5.01. The van der Waals surface area contributed by atoms with E-state index in [0.29, 0.717) is 25.9 Å². The topological polar surface area (TPSA) is 97.4 Å². The van der Waals surface area contributed by atoms with E-state index < -0.39 is 35.9 Å². The van der Waals surface area contributed by atoms with Gasteiger partial charge >= 0.3 is 11.9 Å². The van der Waals surface area contributed by atoms with Crippen LogP contribution in [0.3, 0.4) is 0 Å². The van der Waals surface area contributed by atoms with E-state index in [9.17, 15) is 14.4 Å². The summed E-state index contributed by atoms with van der Waals surface area (Å²) in [6.45, 7) is 3.11. The van der Waals surface area contributed by atoms with Gasteiger partial charge in [0.15, 0.2) is 0 Å². The van der Waals surface area contributed by atoms with Crippen molar-refractivity contribution in [2.45, 2.75) is 65.0 Å². The first-order chi connectivity index (χ1) is 12.4. The van der Waals surface area contributed by atoms with Crippen molar-refractivity contribution in [3.8, 4) is 0 Å². The van der Waals surface area contributed by atoms with Crippen molar-refractivity contribution in [3.63, 3.8) is 0 Å². The Hall–Kier alpha value is -1.51. The molecule has 0 unspecified atom stereocenters. The van der Waals surface area contributed by atoms with Gasteiger partial charge in [-0.3, -0.25) is 14.4 Å². The fourth-order valence-corrected chi connectivity index (χ4v) is 4.02. The molecule has 0 radical (unpaired) electrons. The highest BCUT2D eigenvalue weighted by atomic mass is 16.8. The summed E-state index contributed by atoms with van der Waals surface area (Å²) in [6.07, 6.45) is 1.83. The lowest BCUT2D eigenvalue weighted by Gasteiger charge is -2.48. The summed E-state index contributed by atoms with van der Waals surface area (Å²) < 4.78 is 26.6. The standard InChI is InChI=1S/C18H28O8/c1-12(19)24-15-10-18(8-9-23-11-22-3)7-5-4-6-14(21)16(18)17(26-15)25-13(2)20/h15-17H,4-11H2,1-3H3/t15-,16-,17-,18-/m1/s1.